The van der Waals surface area contributed by atoms with Gasteiger partial charge in [-0.2, -0.15) is 0 Å². The largest absolute Gasteiger partial charge is 0.271 e. The Kier molecular flexibility index (Phi) is 3.95. The summed E-state index contributed by atoms with van der Waals surface area (Å²) >= 11 is 0. The second-order valence-corrected chi connectivity index (χ2v) is 7.29. The van der Waals surface area contributed by atoms with E-state index in [2.05, 4.69) is 12.3 Å². The second-order valence-electron chi connectivity index (χ2n) is 7.29. The second kappa shape index (κ2) is 5.50. The van der Waals surface area contributed by atoms with Crippen LogP contribution in [0, 0.1) is 29.6 Å². The van der Waals surface area contributed by atoms with Crippen LogP contribution in [0.2, 0.25) is 0 Å². The molecule has 0 heterocycles. The molecule has 0 radical (unpaired) electrons. The fraction of sp³-hybridized carbons (Fsp3) is 1.00. The van der Waals surface area contributed by atoms with Gasteiger partial charge in [0.05, 0.1) is 0 Å². The number of hydrazine groups is 1. The molecule has 104 valence electrons. The summed E-state index contributed by atoms with van der Waals surface area (Å²) in [5.41, 5.74) is 3.18. The van der Waals surface area contributed by atoms with Crippen LogP contribution >= 0.6 is 0 Å². The molecule has 0 aromatic rings. The van der Waals surface area contributed by atoms with Crippen molar-refractivity contribution in [1.82, 2.24) is 5.43 Å². The van der Waals surface area contributed by atoms with Gasteiger partial charge in [0.25, 0.3) is 0 Å². The van der Waals surface area contributed by atoms with Gasteiger partial charge in [0.2, 0.25) is 0 Å². The van der Waals surface area contributed by atoms with Crippen molar-refractivity contribution < 1.29 is 0 Å². The van der Waals surface area contributed by atoms with Crippen LogP contribution in [-0.2, 0) is 0 Å². The molecule has 0 saturated heterocycles. The van der Waals surface area contributed by atoms with Crippen molar-refractivity contribution in [3.8, 4) is 0 Å². The van der Waals surface area contributed by atoms with E-state index in [1.54, 1.807) is 0 Å². The Labute approximate surface area is 112 Å². The zero-order chi connectivity index (χ0) is 12.5. The van der Waals surface area contributed by atoms with E-state index in [4.69, 9.17) is 5.84 Å². The number of nitrogens with two attached hydrogens (primary N) is 1. The first-order valence-corrected chi connectivity index (χ1v) is 8.26. The van der Waals surface area contributed by atoms with E-state index < -0.39 is 0 Å². The van der Waals surface area contributed by atoms with E-state index in [0.29, 0.717) is 6.04 Å². The predicted molar refractivity (Wildman–Crippen MR) is 75.8 cm³/mol. The molecule has 0 spiro atoms. The summed E-state index contributed by atoms with van der Waals surface area (Å²) in [5.74, 6) is 10.8. The highest BCUT2D eigenvalue weighted by Crippen LogP contribution is 2.50. The average Bonchev–Trinajstić information content (AvgIpc) is 3.10. The summed E-state index contributed by atoms with van der Waals surface area (Å²) in [6.07, 6.45) is 13.1. The zero-order valence-corrected chi connectivity index (χ0v) is 11.9. The van der Waals surface area contributed by atoms with Gasteiger partial charge in [-0.1, -0.05) is 26.2 Å². The van der Waals surface area contributed by atoms with Crippen molar-refractivity contribution in [3.63, 3.8) is 0 Å². The molecule has 18 heavy (non-hydrogen) atoms. The van der Waals surface area contributed by atoms with Crippen molar-refractivity contribution in [2.45, 2.75) is 70.8 Å². The minimum absolute atomic E-state index is 0.603. The summed E-state index contributed by atoms with van der Waals surface area (Å²) in [5, 5.41) is 0. The molecule has 0 aliphatic heterocycles. The summed E-state index contributed by atoms with van der Waals surface area (Å²) in [4.78, 5) is 0. The lowest BCUT2D eigenvalue weighted by atomic mass is 9.81. The van der Waals surface area contributed by atoms with Crippen LogP contribution in [-0.4, -0.2) is 6.04 Å². The summed E-state index contributed by atoms with van der Waals surface area (Å²) < 4.78 is 0. The maximum atomic E-state index is 5.87. The zero-order valence-electron chi connectivity index (χ0n) is 11.9. The number of hydrogen-bond acceptors (Lipinski definition) is 2. The fourth-order valence-electron chi connectivity index (χ4n) is 5.24. The Morgan fingerprint density at radius 3 is 2.56 bits per heavy atom. The lowest BCUT2D eigenvalue weighted by Gasteiger charge is -2.30. The monoisotopic (exact) mass is 250 g/mol. The molecule has 3 aliphatic carbocycles. The predicted octanol–water partition coefficient (Wildman–Crippen LogP) is 3.47. The molecule has 0 aromatic heterocycles. The van der Waals surface area contributed by atoms with E-state index >= 15 is 0 Å². The van der Waals surface area contributed by atoms with Crippen LogP contribution in [0.4, 0.5) is 0 Å². The van der Waals surface area contributed by atoms with Crippen LogP contribution in [0.5, 0.6) is 0 Å². The van der Waals surface area contributed by atoms with Crippen molar-refractivity contribution in [3.05, 3.63) is 0 Å². The van der Waals surface area contributed by atoms with E-state index in [-0.39, 0.29) is 0 Å². The SMILES string of the molecule is CCC1CCC(C(CC2CC3CCC2C3)NN)C1. The molecule has 3 fully saturated rings. The average molecular weight is 250 g/mol. The maximum Gasteiger partial charge on any atom is 0.0241 e. The Hall–Kier alpha value is -0.0800. The van der Waals surface area contributed by atoms with Crippen LogP contribution < -0.4 is 11.3 Å². The molecule has 2 bridgehead atoms. The first-order valence-electron chi connectivity index (χ1n) is 8.26. The summed E-state index contributed by atoms with van der Waals surface area (Å²) in [7, 11) is 0. The fourth-order valence-corrected chi connectivity index (χ4v) is 5.24. The first-order chi connectivity index (χ1) is 8.80. The normalized spacial score (nSPS) is 44.7. The smallest absolute Gasteiger partial charge is 0.0241 e. The van der Waals surface area contributed by atoms with Gasteiger partial charge in [-0.05, 0) is 68.1 Å². The van der Waals surface area contributed by atoms with Crippen molar-refractivity contribution in [2.75, 3.05) is 0 Å². The highest BCUT2D eigenvalue weighted by Gasteiger charge is 2.41. The highest BCUT2D eigenvalue weighted by molar-refractivity contribution is 4.93. The standard InChI is InChI=1S/C16H30N2/c1-2-11-3-6-14(7-11)16(18-17)10-15-9-12-4-5-13(15)8-12/h11-16,18H,2-10,17H2,1H3. The third kappa shape index (κ3) is 2.46. The Balaban J connectivity index is 1.53. The topological polar surface area (TPSA) is 38.0 Å². The quantitative estimate of drug-likeness (QED) is 0.579. The van der Waals surface area contributed by atoms with Gasteiger partial charge in [0, 0.05) is 6.04 Å². The molecule has 3 aliphatic rings. The number of rotatable bonds is 5. The lowest BCUT2D eigenvalue weighted by molar-refractivity contribution is 0.235. The van der Waals surface area contributed by atoms with Gasteiger partial charge < -0.3 is 0 Å². The summed E-state index contributed by atoms with van der Waals surface area (Å²) in [6.45, 7) is 2.34. The van der Waals surface area contributed by atoms with Crippen LogP contribution in [0.1, 0.15) is 64.7 Å². The number of fused-ring (bicyclic) bond motifs is 2. The van der Waals surface area contributed by atoms with Gasteiger partial charge >= 0.3 is 0 Å². The molecule has 2 nitrogen and oxygen atoms in total. The Morgan fingerprint density at radius 1 is 1.11 bits per heavy atom. The van der Waals surface area contributed by atoms with Gasteiger partial charge in [-0.25, -0.2) is 0 Å². The van der Waals surface area contributed by atoms with Crippen molar-refractivity contribution in [2.24, 2.45) is 35.4 Å². The minimum atomic E-state index is 0.603. The van der Waals surface area contributed by atoms with E-state index in [1.165, 1.54) is 57.8 Å². The number of nitrogens with one attached hydrogen (secondary N) is 1. The van der Waals surface area contributed by atoms with Crippen LogP contribution in [0.25, 0.3) is 0 Å². The molecule has 0 aromatic carbocycles. The summed E-state index contributed by atoms with van der Waals surface area (Å²) in [6, 6.07) is 0.603. The van der Waals surface area contributed by atoms with Gasteiger partial charge in [0.15, 0.2) is 0 Å². The molecule has 0 amide bonds. The molecule has 3 N–H and O–H groups in total. The van der Waals surface area contributed by atoms with Gasteiger partial charge in [0.1, 0.15) is 0 Å². The van der Waals surface area contributed by atoms with Crippen LogP contribution in [0.3, 0.4) is 0 Å². The lowest BCUT2D eigenvalue weighted by Crippen LogP contribution is -2.42. The van der Waals surface area contributed by atoms with E-state index in [0.717, 1.165) is 29.6 Å². The van der Waals surface area contributed by atoms with E-state index in [9.17, 15) is 0 Å². The van der Waals surface area contributed by atoms with Crippen molar-refractivity contribution >= 4 is 0 Å². The first kappa shape index (κ1) is 12.9. The highest BCUT2D eigenvalue weighted by atomic mass is 15.2. The molecular weight excluding hydrogens is 220 g/mol. The molecule has 2 heteroatoms. The van der Waals surface area contributed by atoms with Crippen molar-refractivity contribution in [1.29, 1.82) is 0 Å². The third-order valence-corrected chi connectivity index (χ3v) is 6.38. The molecular formula is C16H30N2. The van der Waals surface area contributed by atoms with E-state index in [1.807, 2.05) is 0 Å². The molecule has 3 saturated carbocycles. The molecule has 6 unspecified atom stereocenters. The molecule has 3 rings (SSSR count). The van der Waals surface area contributed by atoms with Crippen LogP contribution in [0.15, 0.2) is 0 Å². The Morgan fingerprint density at radius 2 is 2.00 bits per heavy atom. The molecule has 6 atom stereocenters. The van der Waals surface area contributed by atoms with Gasteiger partial charge in [-0.15, -0.1) is 0 Å². The third-order valence-electron chi connectivity index (χ3n) is 6.38. The Bertz CT molecular complexity index is 278. The van der Waals surface area contributed by atoms with Gasteiger partial charge in [-0.3, -0.25) is 11.3 Å². The number of hydrogen-bond donors (Lipinski definition) is 2. The minimum Gasteiger partial charge on any atom is -0.271 e. The maximum absolute atomic E-state index is 5.87.